The summed E-state index contributed by atoms with van der Waals surface area (Å²) in [4.78, 5) is 12.5. The van der Waals surface area contributed by atoms with Gasteiger partial charge < -0.3 is 24.3 Å². The summed E-state index contributed by atoms with van der Waals surface area (Å²) in [7, 11) is 3.05. The minimum Gasteiger partial charge on any atom is -0.496 e. The van der Waals surface area contributed by atoms with Gasteiger partial charge in [-0.2, -0.15) is 0 Å². The molecular formula is C21H20N2O5S. The average Bonchev–Trinajstić information content (AvgIpc) is 3.22. The largest absolute Gasteiger partial charge is 0.496 e. The van der Waals surface area contributed by atoms with Gasteiger partial charge in [-0.1, -0.05) is 12.1 Å². The maximum absolute atomic E-state index is 12.5. The number of furan rings is 1. The highest BCUT2D eigenvalue weighted by atomic mass is 32.1. The van der Waals surface area contributed by atoms with Crippen LogP contribution in [0.2, 0.25) is 0 Å². The van der Waals surface area contributed by atoms with E-state index in [9.17, 15) is 9.90 Å². The second-order valence-corrected chi connectivity index (χ2v) is 6.36. The number of nitrogens with one attached hydrogen (secondary N) is 2. The van der Waals surface area contributed by atoms with Crippen molar-refractivity contribution in [3.63, 3.8) is 0 Å². The van der Waals surface area contributed by atoms with Crippen LogP contribution in [-0.2, 0) is 6.61 Å². The van der Waals surface area contributed by atoms with Crippen LogP contribution in [0.15, 0.2) is 59.0 Å². The molecule has 1 amide bonds. The van der Waals surface area contributed by atoms with E-state index in [2.05, 4.69) is 10.6 Å². The molecule has 0 unspecified atom stereocenters. The normalized spacial score (nSPS) is 10.3. The number of carbonyl (C=O) groups excluding carboxylic acids is 1. The SMILES string of the molecule is COc1ccccc1C(=O)NC(=S)Nc1ccc(OC)c(-c2ccc(CO)o2)c1. The number of carbonyl (C=O) groups is 1. The van der Waals surface area contributed by atoms with Gasteiger partial charge in [0.2, 0.25) is 0 Å². The molecule has 150 valence electrons. The average molecular weight is 412 g/mol. The van der Waals surface area contributed by atoms with Gasteiger partial charge in [0.05, 0.1) is 25.3 Å². The molecule has 1 aromatic heterocycles. The van der Waals surface area contributed by atoms with E-state index < -0.39 is 0 Å². The second-order valence-electron chi connectivity index (χ2n) is 5.95. The third-order valence-electron chi connectivity index (χ3n) is 4.12. The fourth-order valence-corrected chi connectivity index (χ4v) is 2.96. The molecule has 3 rings (SSSR count). The molecule has 0 spiro atoms. The van der Waals surface area contributed by atoms with Crippen molar-refractivity contribution < 1.29 is 23.8 Å². The van der Waals surface area contributed by atoms with Crippen LogP contribution in [0.5, 0.6) is 11.5 Å². The van der Waals surface area contributed by atoms with Crippen molar-refractivity contribution in [1.82, 2.24) is 5.32 Å². The molecule has 29 heavy (non-hydrogen) atoms. The van der Waals surface area contributed by atoms with Gasteiger partial charge in [0, 0.05) is 5.69 Å². The molecule has 2 aromatic carbocycles. The number of ether oxygens (including phenoxy) is 2. The second kappa shape index (κ2) is 9.22. The van der Waals surface area contributed by atoms with Crippen LogP contribution in [0.25, 0.3) is 11.3 Å². The lowest BCUT2D eigenvalue weighted by Crippen LogP contribution is -2.34. The van der Waals surface area contributed by atoms with Crippen molar-refractivity contribution in [3.8, 4) is 22.8 Å². The first-order chi connectivity index (χ1) is 14.0. The lowest BCUT2D eigenvalue weighted by molar-refractivity contribution is 0.0975. The Labute approximate surface area is 173 Å². The first-order valence-electron chi connectivity index (χ1n) is 8.69. The lowest BCUT2D eigenvalue weighted by Gasteiger charge is -2.13. The van der Waals surface area contributed by atoms with E-state index in [0.717, 1.165) is 0 Å². The van der Waals surface area contributed by atoms with Crippen LogP contribution in [0.3, 0.4) is 0 Å². The Balaban J connectivity index is 1.76. The van der Waals surface area contributed by atoms with E-state index in [4.69, 9.17) is 26.1 Å². The first kappa shape index (κ1) is 20.4. The molecule has 0 bridgehead atoms. The summed E-state index contributed by atoms with van der Waals surface area (Å²) < 4.78 is 16.2. The Morgan fingerprint density at radius 1 is 1.07 bits per heavy atom. The van der Waals surface area contributed by atoms with Gasteiger partial charge >= 0.3 is 0 Å². The molecule has 0 fully saturated rings. The van der Waals surface area contributed by atoms with E-state index in [1.165, 1.54) is 7.11 Å². The van der Waals surface area contributed by atoms with Crippen LogP contribution in [-0.4, -0.2) is 30.3 Å². The van der Waals surface area contributed by atoms with E-state index in [0.29, 0.717) is 39.8 Å². The monoisotopic (exact) mass is 412 g/mol. The summed E-state index contributed by atoms with van der Waals surface area (Å²) >= 11 is 5.26. The van der Waals surface area contributed by atoms with Crippen molar-refractivity contribution in [2.75, 3.05) is 19.5 Å². The topological polar surface area (TPSA) is 93.0 Å². The Morgan fingerprint density at radius 2 is 1.83 bits per heavy atom. The van der Waals surface area contributed by atoms with Crippen LogP contribution in [0.4, 0.5) is 5.69 Å². The molecule has 3 N–H and O–H groups in total. The number of hydrogen-bond donors (Lipinski definition) is 3. The predicted octanol–water partition coefficient (Wildman–Crippen LogP) is 3.58. The van der Waals surface area contributed by atoms with Crippen LogP contribution in [0.1, 0.15) is 16.1 Å². The van der Waals surface area contributed by atoms with E-state index >= 15 is 0 Å². The molecule has 0 saturated carbocycles. The van der Waals surface area contributed by atoms with Gasteiger partial charge in [-0.25, -0.2) is 0 Å². The highest BCUT2D eigenvalue weighted by molar-refractivity contribution is 7.80. The number of aliphatic hydroxyl groups is 1. The fraction of sp³-hybridized carbons (Fsp3) is 0.143. The molecule has 0 atom stereocenters. The number of methoxy groups -OCH3 is 2. The van der Waals surface area contributed by atoms with Crippen LogP contribution < -0.4 is 20.1 Å². The zero-order valence-electron chi connectivity index (χ0n) is 15.9. The third-order valence-corrected chi connectivity index (χ3v) is 4.32. The Hall–Kier alpha value is -3.36. The summed E-state index contributed by atoms with van der Waals surface area (Å²) in [6.45, 7) is -0.195. The van der Waals surface area contributed by atoms with Crippen molar-refractivity contribution in [2.45, 2.75) is 6.61 Å². The minimum absolute atomic E-state index is 0.132. The first-order valence-corrected chi connectivity index (χ1v) is 9.10. The molecule has 7 nitrogen and oxygen atoms in total. The van der Waals surface area contributed by atoms with Crippen LogP contribution >= 0.6 is 12.2 Å². The molecule has 1 heterocycles. The number of benzene rings is 2. The van der Waals surface area contributed by atoms with Crippen LogP contribution in [0, 0.1) is 0 Å². The van der Waals surface area contributed by atoms with E-state index in [1.54, 1.807) is 61.7 Å². The number of rotatable bonds is 6. The maximum atomic E-state index is 12.5. The number of thiocarbonyl (C=S) groups is 1. The van der Waals surface area contributed by atoms with Crippen molar-refractivity contribution in [3.05, 3.63) is 65.9 Å². The minimum atomic E-state index is -0.382. The summed E-state index contributed by atoms with van der Waals surface area (Å²) in [5, 5.41) is 15.0. The number of amides is 1. The Kier molecular flexibility index (Phi) is 6.48. The molecule has 0 aliphatic rings. The van der Waals surface area contributed by atoms with Gasteiger partial charge in [0.25, 0.3) is 5.91 Å². The molecule has 3 aromatic rings. The summed E-state index contributed by atoms with van der Waals surface area (Å²) in [5.41, 5.74) is 1.69. The van der Waals surface area contributed by atoms with E-state index in [-0.39, 0.29) is 17.6 Å². The zero-order chi connectivity index (χ0) is 20.8. The maximum Gasteiger partial charge on any atom is 0.261 e. The van der Waals surface area contributed by atoms with Gasteiger partial charge in [0.15, 0.2) is 5.11 Å². The standard InChI is InChI=1S/C21H20N2O5S/c1-26-17-6-4-3-5-15(17)20(25)23-21(29)22-13-7-9-18(27-2)16(11-13)19-10-8-14(12-24)28-19/h3-11,24H,12H2,1-2H3,(H2,22,23,25,29). The predicted molar refractivity (Wildman–Crippen MR) is 113 cm³/mol. The molecule has 8 heteroatoms. The number of anilines is 1. The molecule has 0 saturated heterocycles. The highest BCUT2D eigenvalue weighted by Crippen LogP contribution is 2.33. The van der Waals surface area contributed by atoms with Gasteiger partial charge in [-0.3, -0.25) is 10.1 Å². The summed E-state index contributed by atoms with van der Waals surface area (Å²) in [6.07, 6.45) is 0. The highest BCUT2D eigenvalue weighted by Gasteiger charge is 2.15. The number of hydrogen-bond acceptors (Lipinski definition) is 6. The van der Waals surface area contributed by atoms with Gasteiger partial charge in [-0.05, 0) is 54.7 Å². The quantitative estimate of drug-likeness (QED) is 0.533. The fourth-order valence-electron chi connectivity index (χ4n) is 2.75. The Morgan fingerprint density at radius 3 is 2.52 bits per heavy atom. The molecular weight excluding hydrogens is 392 g/mol. The van der Waals surface area contributed by atoms with Crippen molar-refractivity contribution in [2.24, 2.45) is 0 Å². The molecule has 0 aliphatic heterocycles. The number of para-hydroxylation sites is 1. The third kappa shape index (κ3) is 4.74. The van der Waals surface area contributed by atoms with Gasteiger partial charge in [-0.15, -0.1) is 0 Å². The van der Waals surface area contributed by atoms with E-state index in [1.807, 2.05) is 0 Å². The van der Waals surface area contributed by atoms with Gasteiger partial charge in [0.1, 0.15) is 29.6 Å². The Bertz CT molecular complexity index is 1030. The van der Waals surface area contributed by atoms with Crippen molar-refractivity contribution in [1.29, 1.82) is 0 Å². The number of aliphatic hydroxyl groups excluding tert-OH is 1. The van der Waals surface area contributed by atoms with Crippen molar-refractivity contribution >= 4 is 28.9 Å². The lowest BCUT2D eigenvalue weighted by atomic mass is 10.1. The smallest absolute Gasteiger partial charge is 0.261 e. The molecule has 0 aliphatic carbocycles. The zero-order valence-corrected chi connectivity index (χ0v) is 16.7. The summed E-state index contributed by atoms with van der Waals surface area (Å²) in [6, 6.07) is 15.6. The molecule has 0 radical (unpaired) electrons. The summed E-state index contributed by atoms with van der Waals surface area (Å²) in [5.74, 6) is 1.65.